The fraction of sp³-hybridized carbons (Fsp3) is 0.385. The number of benzene rings is 1. The third-order valence-electron chi connectivity index (χ3n) is 2.75. The van der Waals surface area contributed by atoms with E-state index < -0.39 is 0 Å². The second-order valence-corrected chi connectivity index (χ2v) is 3.83. The van der Waals surface area contributed by atoms with Crippen LogP contribution >= 0.6 is 0 Å². The first-order valence-electron chi connectivity index (χ1n) is 5.31. The summed E-state index contributed by atoms with van der Waals surface area (Å²) in [6, 6.07) is 8.11. The molecular formula is C13H16O. The topological polar surface area (TPSA) is 20.2 Å². The third-order valence-corrected chi connectivity index (χ3v) is 2.75. The van der Waals surface area contributed by atoms with Crippen LogP contribution in [0.5, 0.6) is 0 Å². The lowest BCUT2D eigenvalue weighted by Crippen LogP contribution is -1.98. The highest BCUT2D eigenvalue weighted by molar-refractivity contribution is 5.54. The number of aliphatic hydroxyl groups excluding tert-OH is 1. The van der Waals surface area contributed by atoms with Crippen LogP contribution < -0.4 is 0 Å². The molecule has 1 atom stereocenters. The van der Waals surface area contributed by atoms with E-state index in [0.717, 1.165) is 24.8 Å². The van der Waals surface area contributed by atoms with Gasteiger partial charge in [-0.05, 0) is 30.4 Å². The first kappa shape index (κ1) is 9.47. The number of hydrogen-bond acceptors (Lipinski definition) is 1. The van der Waals surface area contributed by atoms with Crippen LogP contribution in [0.1, 0.15) is 42.9 Å². The monoisotopic (exact) mass is 188 g/mol. The molecule has 0 saturated heterocycles. The van der Waals surface area contributed by atoms with Crippen molar-refractivity contribution >= 4 is 6.08 Å². The molecule has 1 aromatic carbocycles. The summed E-state index contributed by atoms with van der Waals surface area (Å²) in [5.41, 5.74) is 2.24. The van der Waals surface area contributed by atoms with Crippen LogP contribution in [0.3, 0.4) is 0 Å². The molecule has 0 unspecified atom stereocenters. The van der Waals surface area contributed by atoms with Crippen molar-refractivity contribution in [3.8, 4) is 0 Å². The maximum Gasteiger partial charge on any atom is 0.0795 e. The van der Waals surface area contributed by atoms with Crippen LogP contribution in [0, 0.1) is 0 Å². The van der Waals surface area contributed by atoms with Gasteiger partial charge >= 0.3 is 0 Å². The molecule has 1 aliphatic carbocycles. The smallest absolute Gasteiger partial charge is 0.0795 e. The van der Waals surface area contributed by atoms with E-state index in [1.165, 1.54) is 12.0 Å². The molecule has 0 spiro atoms. The summed E-state index contributed by atoms with van der Waals surface area (Å²) in [5.74, 6) is 0. The van der Waals surface area contributed by atoms with E-state index in [2.05, 4.69) is 18.2 Å². The highest BCUT2D eigenvalue weighted by Gasteiger charge is 2.10. The van der Waals surface area contributed by atoms with E-state index in [0.29, 0.717) is 0 Å². The molecule has 0 heterocycles. The van der Waals surface area contributed by atoms with E-state index in [9.17, 15) is 5.11 Å². The second-order valence-electron chi connectivity index (χ2n) is 3.83. The highest BCUT2D eigenvalue weighted by atomic mass is 16.3. The van der Waals surface area contributed by atoms with Crippen molar-refractivity contribution < 1.29 is 5.11 Å². The van der Waals surface area contributed by atoms with Gasteiger partial charge in [-0.15, -0.1) is 0 Å². The van der Waals surface area contributed by atoms with Gasteiger partial charge < -0.3 is 5.11 Å². The Balaban J connectivity index is 2.36. The molecule has 0 fully saturated rings. The van der Waals surface area contributed by atoms with Crippen LogP contribution in [0.15, 0.2) is 30.3 Å². The zero-order chi connectivity index (χ0) is 9.80. The van der Waals surface area contributed by atoms with Gasteiger partial charge in [-0.2, -0.15) is 0 Å². The van der Waals surface area contributed by atoms with E-state index in [1.54, 1.807) is 0 Å². The first-order chi connectivity index (χ1) is 6.88. The van der Waals surface area contributed by atoms with Gasteiger partial charge in [-0.1, -0.05) is 42.8 Å². The zero-order valence-electron chi connectivity index (χ0n) is 8.32. The lowest BCUT2D eigenvalue weighted by molar-refractivity contribution is 0.164. The van der Waals surface area contributed by atoms with Gasteiger partial charge in [0.15, 0.2) is 0 Å². The Morgan fingerprint density at radius 1 is 1.14 bits per heavy atom. The maximum absolute atomic E-state index is 9.96. The van der Waals surface area contributed by atoms with Crippen molar-refractivity contribution in [1.82, 2.24) is 0 Å². The average Bonchev–Trinajstić information content (AvgIpc) is 2.30. The molecule has 74 valence electrons. The van der Waals surface area contributed by atoms with E-state index in [-0.39, 0.29) is 6.10 Å². The molecule has 1 N–H and O–H groups in total. The summed E-state index contributed by atoms with van der Waals surface area (Å²) in [6.45, 7) is 0. The minimum atomic E-state index is -0.283. The Morgan fingerprint density at radius 2 is 2.00 bits per heavy atom. The average molecular weight is 188 g/mol. The minimum Gasteiger partial charge on any atom is -0.388 e. The molecule has 0 amide bonds. The van der Waals surface area contributed by atoms with E-state index in [1.807, 2.05) is 18.2 Å². The fourth-order valence-electron chi connectivity index (χ4n) is 1.93. The summed E-state index contributed by atoms with van der Waals surface area (Å²) in [5, 5.41) is 9.96. The number of allylic oxidation sites excluding steroid dienone is 1. The van der Waals surface area contributed by atoms with Crippen LogP contribution in [0.2, 0.25) is 0 Å². The lowest BCUT2D eigenvalue weighted by Gasteiger charge is -2.12. The van der Waals surface area contributed by atoms with Gasteiger partial charge in [0, 0.05) is 0 Å². The number of aliphatic hydroxyl groups is 1. The van der Waals surface area contributed by atoms with Gasteiger partial charge in [0.1, 0.15) is 0 Å². The van der Waals surface area contributed by atoms with Gasteiger partial charge in [0.2, 0.25) is 0 Å². The predicted octanol–water partition coefficient (Wildman–Crippen LogP) is 3.31. The molecule has 1 nitrogen and oxygen atoms in total. The van der Waals surface area contributed by atoms with Gasteiger partial charge in [0.05, 0.1) is 6.10 Å². The SMILES string of the molecule is O[C@@H]1CCCCC=Cc2ccccc21. The number of hydrogen-bond donors (Lipinski definition) is 1. The first-order valence-corrected chi connectivity index (χ1v) is 5.31. The summed E-state index contributed by atoms with van der Waals surface area (Å²) in [6.07, 6.45) is 8.36. The van der Waals surface area contributed by atoms with Crippen molar-refractivity contribution in [2.75, 3.05) is 0 Å². The quantitative estimate of drug-likeness (QED) is 0.662. The summed E-state index contributed by atoms with van der Waals surface area (Å²) < 4.78 is 0. The largest absolute Gasteiger partial charge is 0.388 e. The summed E-state index contributed by atoms with van der Waals surface area (Å²) in [4.78, 5) is 0. The van der Waals surface area contributed by atoms with Crippen molar-refractivity contribution in [2.45, 2.75) is 31.8 Å². The van der Waals surface area contributed by atoms with Crippen LogP contribution in [-0.4, -0.2) is 5.11 Å². The standard InChI is InChI=1S/C13H16O/c14-13-10-4-2-1-3-7-11-8-5-6-9-12(11)13/h3,5-9,13-14H,1-2,4,10H2/t13-/m1/s1. The minimum absolute atomic E-state index is 0.283. The summed E-state index contributed by atoms with van der Waals surface area (Å²) in [7, 11) is 0. The summed E-state index contributed by atoms with van der Waals surface area (Å²) >= 11 is 0. The Labute approximate surface area is 85.1 Å². The van der Waals surface area contributed by atoms with Crippen molar-refractivity contribution in [3.05, 3.63) is 41.5 Å². The van der Waals surface area contributed by atoms with E-state index in [4.69, 9.17) is 0 Å². The predicted molar refractivity (Wildman–Crippen MR) is 58.9 cm³/mol. The Hall–Kier alpha value is -1.08. The van der Waals surface area contributed by atoms with E-state index >= 15 is 0 Å². The third kappa shape index (κ3) is 2.05. The molecular weight excluding hydrogens is 172 g/mol. The normalized spacial score (nSPS) is 21.9. The zero-order valence-corrected chi connectivity index (χ0v) is 8.32. The molecule has 14 heavy (non-hydrogen) atoms. The molecule has 2 rings (SSSR count). The molecule has 0 aliphatic heterocycles. The lowest BCUT2D eigenvalue weighted by atomic mass is 9.99. The van der Waals surface area contributed by atoms with Crippen LogP contribution in [0.25, 0.3) is 6.08 Å². The van der Waals surface area contributed by atoms with Crippen LogP contribution in [0.4, 0.5) is 0 Å². The molecule has 1 aliphatic rings. The van der Waals surface area contributed by atoms with Crippen molar-refractivity contribution in [2.24, 2.45) is 0 Å². The second kappa shape index (κ2) is 4.43. The van der Waals surface area contributed by atoms with Crippen molar-refractivity contribution in [1.29, 1.82) is 0 Å². The molecule has 1 heteroatoms. The maximum atomic E-state index is 9.96. The Bertz CT molecular complexity index is 328. The van der Waals surface area contributed by atoms with Crippen LogP contribution in [-0.2, 0) is 0 Å². The molecule has 0 aromatic heterocycles. The fourth-order valence-corrected chi connectivity index (χ4v) is 1.93. The number of rotatable bonds is 0. The highest BCUT2D eigenvalue weighted by Crippen LogP contribution is 2.25. The molecule has 0 saturated carbocycles. The Kier molecular flexibility index (Phi) is 3.00. The molecule has 0 radical (unpaired) electrons. The molecule has 0 bridgehead atoms. The number of fused-ring (bicyclic) bond motifs is 1. The molecule has 1 aromatic rings. The van der Waals surface area contributed by atoms with Gasteiger partial charge in [0.25, 0.3) is 0 Å². The Morgan fingerprint density at radius 3 is 2.93 bits per heavy atom. The van der Waals surface area contributed by atoms with Gasteiger partial charge in [-0.25, -0.2) is 0 Å². The van der Waals surface area contributed by atoms with Crippen molar-refractivity contribution in [3.63, 3.8) is 0 Å². The van der Waals surface area contributed by atoms with Gasteiger partial charge in [-0.3, -0.25) is 0 Å².